The van der Waals surface area contributed by atoms with Crippen molar-refractivity contribution < 1.29 is 4.74 Å². The fraction of sp³-hybridized carbons (Fsp3) is 0.294. The molecule has 0 unspecified atom stereocenters. The molecule has 3 N–H and O–H groups in total. The minimum Gasteiger partial charge on any atom is -0.477 e. The summed E-state index contributed by atoms with van der Waals surface area (Å²) in [7, 11) is 0. The van der Waals surface area contributed by atoms with Crippen LogP contribution in [0.1, 0.15) is 18.4 Å². The smallest absolute Gasteiger partial charge is 0.213 e. The second kappa shape index (κ2) is 6.76. The van der Waals surface area contributed by atoms with Gasteiger partial charge in [-0.1, -0.05) is 0 Å². The lowest BCUT2D eigenvalue weighted by Gasteiger charge is -2.11. The first-order valence-electron chi connectivity index (χ1n) is 8.21. The Morgan fingerprint density at radius 3 is 2.96 bits per heavy atom. The van der Waals surface area contributed by atoms with Crippen LogP contribution in [0, 0.1) is 5.92 Å². The number of rotatable bonds is 7. The Morgan fingerprint density at radius 2 is 2.16 bits per heavy atom. The molecule has 0 amide bonds. The highest BCUT2D eigenvalue weighted by atomic mass is 16.5. The molecule has 8 nitrogen and oxygen atoms in total. The van der Waals surface area contributed by atoms with Crippen LogP contribution in [0.2, 0.25) is 0 Å². The van der Waals surface area contributed by atoms with Gasteiger partial charge in [-0.25, -0.2) is 19.6 Å². The minimum absolute atomic E-state index is 0.450. The highest BCUT2D eigenvalue weighted by molar-refractivity contribution is 5.68. The summed E-state index contributed by atoms with van der Waals surface area (Å²) in [5.74, 6) is 2.47. The summed E-state index contributed by atoms with van der Waals surface area (Å²) in [4.78, 5) is 12.7. The van der Waals surface area contributed by atoms with Gasteiger partial charge in [-0.05, 0) is 36.5 Å². The van der Waals surface area contributed by atoms with Gasteiger partial charge in [-0.3, -0.25) is 0 Å². The Morgan fingerprint density at radius 1 is 1.24 bits per heavy atom. The molecule has 1 aliphatic carbocycles. The zero-order valence-electron chi connectivity index (χ0n) is 13.7. The van der Waals surface area contributed by atoms with Crippen molar-refractivity contribution in [3.63, 3.8) is 0 Å². The zero-order valence-corrected chi connectivity index (χ0v) is 13.7. The molecule has 3 aromatic rings. The van der Waals surface area contributed by atoms with Crippen molar-refractivity contribution in [1.29, 1.82) is 0 Å². The molecule has 25 heavy (non-hydrogen) atoms. The lowest BCUT2D eigenvalue weighted by molar-refractivity contribution is 0.288. The van der Waals surface area contributed by atoms with E-state index in [1.807, 2.05) is 18.2 Å². The third kappa shape index (κ3) is 3.68. The molecule has 0 radical (unpaired) electrons. The first kappa shape index (κ1) is 15.4. The van der Waals surface area contributed by atoms with Crippen molar-refractivity contribution >= 4 is 11.5 Å². The van der Waals surface area contributed by atoms with E-state index in [-0.39, 0.29) is 0 Å². The highest BCUT2D eigenvalue weighted by Gasteiger charge is 2.22. The van der Waals surface area contributed by atoms with Crippen molar-refractivity contribution in [3.05, 3.63) is 48.7 Å². The minimum atomic E-state index is 0.450. The van der Waals surface area contributed by atoms with Gasteiger partial charge < -0.3 is 15.8 Å². The van der Waals surface area contributed by atoms with E-state index in [0.717, 1.165) is 12.2 Å². The van der Waals surface area contributed by atoms with Gasteiger partial charge in [0, 0.05) is 31.2 Å². The standard InChI is InChI=1S/C17H19N7O/c18-15-16(21-11-22-17(15)24-7-1-5-23-24)20-9-13-4-6-19-14(8-13)25-10-12-2-3-12/h1,4-8,11-12H,2-3,9-10,18H2,(H,20,21,22). The second-order valence-electron chi connectivity index (χ2n) is 6.02. The Hall–Kier alpha value is -3.16. The van der Waals surface area contributed by atoms with Crippen LogP contribution in [0.15, 0.2) is 43.1 Å². The Labute approximate surface area is 145 Å². The molecule has 0 saturated heterocycles. The largest absolute Gasteiger partial charge is 0.477 e. The third-order valence-corrected chi connectivity index (χ3v) is 4.01. The Bertz CT molecular complexity index is 846. The summed E-state index contributed by atoms with van der Waals surface area (Å²) in [6, 6.07) is 5.68. The van der Waals surface area contributed by atoms with Gasteiger partial charge in [0.05, 0.1) is 6.61 Å². The quantitative estimate of drug-likeness (QED) is 0.680. The number of nitrogens with zero attached hydrogens (tertiary/aromatic N) is 5. The van der Waals surface area contributed by atoms with E-state index in [2.05, 4.69) is 25.4 Å². The van der Waals surface area contributed by atoms with Gasteiger partial charge in [0.25, 0.3) is 0 Å². The third-order valence-electron chi connectivity index (χ3n) is 4.01. The van der Waals surface area contributed by atoms with E-state index >= 15 is 0 Å². The molecule has 0 atom stereocenters. The van der Waals surface area contributed by atoms with Crippen molar-refractivity contribution in [2.24, 2.45) is 5.92 Å². The van der Waals surface area contributed by atoms with E-state index < -0.39 is 0 Å². The van der Waals surface area contributed by atoms with Crippen LogP contribution in [-0.2, 0) is 6.54 Å². The van der Waals surface area contributed by atoms with Crippen LogP contribution in [-0.4, -0.2) is 31.3 Å². The van der Waals surface area contributed by atoms with Crippen LogP contribution in [0.3, 0.4) is 0 Å². The van der Waals surface area contributed by atoms with Gasteiger partial charge in [0.15, 0.2) is 11.6 Å². The maximum atomic E-state index is 6.17. The normalized spacial score (nSPS) is 13.6. The number of hydrogen-bond donors (Lipinski definition) is 2. The summed E-state index contributed by atoms with van der Waals surface area (Å²) in [6.07, 6.45) is 9.19. The maximum Gasteiger partial charge on any atom is 0.213 e. The lowest BCUT2D eigenvalue weighted by Crippen LogP contribution is -2.10. The molecular formula is C17H19N7O. The van der Waals surface area contributed by atoms with Gasteiger partial charge in [0.1, 0.15) is 12.0 Å². The molecule has 3 heterocycles. The number of ether oxygens (including phenoxy) is 1. The van der Waals surface area contributed by atoms with Gasteiger partial charge in [-0.2, -0.15) is 5.10 Å². The van der Waals surface area contributed by atoms with E-state index in [1.165, 1.54) is 19.2 Å². The average Bonchev–Trinajstić information content (AvgIpc) is 3.31. The number of nitrogen functional groups attached to an aromatic ring is 1. The Balaban J connectivity index is 1.44. The zero-order chi connectivity index (χ0) is 17.1. The van der Waals surface area contributed by atoms with Crippen LogP contribution in [0.5, 0.6) is 5.88 Å². The maximum absolute atomic E-state index is 6.17. The molecule has 1 aliphatic rings. The fourth-order valence-electron chi connectivity index (χ4n) is 2.42. The second-order valence-corrected chi connectivity index (χ2v) is 6.02. The van der Waals surface area contributed by atoms with Crippen molar-refractivity contribution in [3.8, 4) is 11.7 Å². The summed E-state index contributed by atoms with van der Waals surface area (Å²) < 4.78 is 7.32. The summed E-state index contributed by atoms with van der Waals surface area (Å²) in [5, 5.41) is 7.39. The molecule has 128 valence electrons. The summed E-state index contributed by atoms with van der Waals surface area (Å²) >= 11 is 0. The van der Waals surface area contributed by atoms with E-state index in [0.29, 0.717) is 35.7 Å². The van der Waals surface area contributed by atoms with Crippen molar-refractivity contribution in [2.45, 2.75) is 19.4 Å². The number of aromatic nitrogens is 5. The SMILES string of the molecule is Nc1c(NCc2ccnc(OCC3CC3)c2)ncnc1-n1cccn1. The molecule has 0 aliphatic heterocycles. The van der Waals surface area contributed by atoms with Crippen LogP contribution < -0.4 is 15.8 Å². The Kier molecular flexibility index (Phi) is 4.16. The van der Waals surface area contributed by atoms with Crippen LogP contribution in [0.4, 0.5) is 11.5 Å². The predicted molar refractivity (Wildman–Crippen MR) is 93.3 cm³/mol. The molecule has 8 heteroatoms. The molecule has 0 spiro atoms. The molecular weight excluding hydrogens is 318 g/mol. The number of anilines is 2. The van der Waals surface area contributed by atoms with Gasteiger partial charge in [0.2, 0.25) is 5.88 Å². The van der Waals surface area contributed by atoms with Crippen LogP contribution >= 0.6 is 0 Å². The van der Waals surface area contributed by atoms with Crippen molar-refractivity contribution in [1.82, 2.24) is 24.7 Å². The number of pyridine rings is 1. The molecule has 0 bridgehead atoms. The summed E-state index contributed by atoms with van der Waals surface area (Å²) in [5.41, 5.74) is 7.66. The van der Waals surface area contributed by atoms with Gasteiger partial charge in [-0.15, -0.1) is 0 Å². The predicted octanol–water partition coefficient (Wildman–Crippen LogP) is 2.04. The summed E-state index contributed by atoms with van der Waals surface area (Å²) in [6.45, 7) is 1.30. The molecule has 1 fully saturated rings. The number of nitrogens with two attached hydrogens (primary N) is 1. The van der Waals surface area contributed by atoms with E-state index in [1.54, 1.807) is 23.3 Å². The first-order valence-corrected chi connectivity index (χ1v) is 8.21. The van der Waals surface area contributed by atoms with Crippen molar-refractivity contribution in [2.75, 3.05) is 17.7 Å². The highest BCUT2D eigenvalue weighted by Crippen LogP contribution is 2.29. The molecule has 0 aromatic carbocycles. The molecule has 1 saturated carbocycles. The number of hydrogen-bond acceptors (Lipinski definition) is 7. The monoisotopic (exact) mass is 337 g/mol. The average molecular weight is 337 g/mol. The first-order chi connectivity index (χ1) is 12.3. The van der Waals surface area contributed by atoms with Gasteiger partial charge >= 0.3 is 0 Å². The van der Waals surface area contributed by atoms with E-state index in [4.69, 9.17) is 10.5 Å². The molecule has 4 rings (SSSR count). The lowest BCUT2D eigenvalue weighted by atomic mass is 10.2. The molecule has 3 aromatic heterocycles. The number of nitrogens with one attached hydrogen (secondary N) is 1. The topological polar surface area (TPSA) is 104 Å². The van der Waals surface area contributed by atoms with Crippen LogP contribution in [0.25, 0.3) is 5.82 Å². The van der Waals surface area contributed by atoms with E-state index in [9.17, 15) is 0 Å². The fourth-order valence-corrected chi connectivity index (χ4v) is 2.42.